The lowest BCUT2D eigenvalue weighted by Crippen LogP contribution is -2.50. The van der Waals surface area contributed by atoms with Gasteiger partial charge in [-0.15, -0.1) is 10.2 Å². The fourth-order valence-corrected chi connectivity index (χ4v) is 2.93. The van der Waals surface area contributed by atoms with E-state index in [1.54, 1.807) is 12.4 Å². The molecule has 0 spiro atoms. The van der Waals surface area contributed by atoms with Crippen LogP contribution in [0.5, 0.6) is 0 Å². The molecule has 0 radical (unpaired) electrons. The first-order valence-electron chi connectivity index (χ1n) is 6.75. The summed E-state index contributed by atoms with van der Waals surface area (Å²) in [5.41, 5.74) is 0.616. The van der Waals surface area contributed by atoms with Crippen LogP contribution in [0.2, 0.25) is 0 Å². The van der Waals surface area contributed by atoms with Gasteiger partial charge in [-0.05, 0) is 25.7 Å². The van der Waals surface area contributed by atoms with E-state index in [0.717, 1.165) is 18.7 Å². The van der Waals surface area contributed by atoms with Crippen molar-refractivity contribution in [3.05, 3.63) is 18.2 Å². The summed E-state index contributed by atoms with van der Waals surface area (Å²) in [6, 6.07) is -0.556. The van der Waals surface area contributed by atoms with Crippen molar-refractivity contribution in [2.24, 2.45) is 5.92 Å². The lowest BCUT2D eigenvalue weighted by molar-refractivity contribution is -0.140. The van der Waals surface area contributed by atoms with E-state index in [9.17, 15) is 9.90 Å². The summed E-state index contributed by atoms with van der Waals surface area (Å²) in [7, 11) is 0. The molecule has 20 heavy (non-hydrogen) atoms. The van der Waals surface area contributed by atoms with Crippen LogP contribution >= 0.6 is 0 Å². The minimum absolute atomic E-state index is 0.0901. The number of fused-ring (bicyclic) bond motifs is 1. The second kappa shape index (κ2) is 4.73. The molecule has 7 nitrogen and oxygen atoms in total. The number of carboxylic acid groups (broad SMARTS) is 1. The number of aryl methyl sites for hydroxylation is 1. The highest BCUT2D eigenvalue weighted by Crippen LogP contribution is 2.29. The molecule has 7 heteroatoms. The number of hydrogen-bond acceptors (Lipinski definition) is 5. The Bertz CT molecular complexity index is 653. The summed E-state index contributed by atoms with van der Waals surface area (Å²) in [6.07, 6.45) is 5.33. The molecule has 0 amide bonds. The van der Waals surface area contributed by atoms with Crippen LogP contribution in [0, 0.1) is 12.8 Å². The van der Waals surface area contributed by atoms with Crippen LogP contribution in [0.4, 0.5) is 5.82 Å². The van der Waals surface area contributed by atoms with Crippen LogP contribution in [0.15, 0.2) is 12.4 Å². The molecule has 0 bridgehead atoms. The number of nitrogens with zero attached hydrogens (tertiary/aromatic N) is 5. The topological polar surface area (TPSA) is 83.6 Å². The number of rotatable bonds is 2. The van der Waals surface area contributed by atoms with E-state index in [2.05, 4.69) is 15.2 Å². The monoisotopic (exact) mass is 275 g/mol. The third-order valence-electron chi connectivity index (χ3n) is 3.94. The molecular weight excluding hydrogens is 258 g/mol. The summed E-state index contributed by atoms with van der Waals surface area (Å²) in [4.78, 5) is 17.8. The lowest BCUT2D eigenvalue weighted by atomic mass is 9.91. The highest BCUT2D eigenvalue weighted by atomic mass is 16.4. The Kier molecular flexibility index (Phi) is 3.04. The maximum Gasteiger partial charge on any atom is 0.326 e. The summed E-state index contributed by atoms with van der Waals surface area (Å²) in [5.74, 6) is 0.650. The fourth-order valence-electron chi connectivity index (χ4n) is 2.93. The van der Waals surface area contributed by atoms with E-state index in [1.165, 1.54) is 0 Å². The lowest BCUT2D eigenvalue weighted by Gasteiger charge is -2.37. The van der Waals surface area contributed by atoms with Gasteiger partial charge in [-0.1, -0.05) is 6.92 Å². The predicted molar refractivity (Wildman–Crippen MR) is 72.7 cm³/mol. The molecule has 1 N–H and O–H groups in total. The van der Waals surface area contributed by atoms with E-state index < -0.39 is 12.0 Å². The Morgan fingerprint density at radius 3 is 3.00 bits per heavy atom. The Labute approximate surface area is 116 Å². The van der Waals surface area contributed by atoms with Gasteiger partial charge < -0.3 is 10.0 Å². The zero-order chi connectivity index (χ0) is 14.3. The van der Waals surface area contributed by atoms with Crippen LogP contribution in [-0.4, -0.2) is 43.2 Å². The zero-order valence-electron chi connectivity index (χ0n) is 11.5. The third-order valence-corrected chi connectivity index (χ3v) is 3.94. The van der Waals surface area contributed by atoms with Crippen LogP contribution < -0.4 is 4.90 Å². The van der Waals surface area contributed by atoms with Gasteiger partial charge >= 0.3 is 5.97 Å². The first-order chi connectivity index (χ1) is 9.59. The molecule has 1 fully saturated rings. The summed E-state index contributed by atoms with van der Waals surface area (Å²) in [6.45, 7) is 4.51. The normalized spacial score (nSPS) is 23.2. The Hall–Kier alpha value is -2.18. The third kappa shape index (κ3) is 1.90. The maximum absolute atomic E-state index is 11.6. The van der Waals surface area contributed by atoms with E-state index in [1.807, 2.05) is 23.1 Å². The zero-order valence-corrected chi connectivity index (χ0v) is 11.5. The van der Waals surface area contributed by atoms with Crippen LogP contribution in [-0.2, 0) is 4.79 Å². The minimum atomic E-state index is -0.808. The van der Waals surface area contributed by atoms with Gasteiger partial charge in [0.2, 0.25) is 5.65 Å². The molecule has 1 saturated heterocycles. The van der Waals surface area contributed by atoms with Crippen molar-refractivity contribution in [3.63, 3.8) is 0 Å². The van der Waals surface area contributed by atoms with Gasteiger partial charge in [0.15, 0.2) is 5.82 Å². The number of carboxylic acids is 1. The number of hydrogen-bond donors (Lipinski definition) is 1. The van der Waals surface area contributed by atoms with Crippen LogP contribution in [0.3, 0.4) is 0 Å². The van der Waals surface area contributed by atoms with Crippen molar-refractivity contribution in [1.82, 2.24) is 19.6 Å². The Balaban J connectivity index is 2.11. The molecular formula is C13H17N5O2. The largest absolute Gasteiger partial charge is 0.480 e. The molecule has 2 aromatic heterocycles. The van der Waals surface area contributed by atoms with Gasteiger partial charge in [-0.25, -0.2) is 9.78 Å². The summed E-state index contributed by atoms with van der Waals surface area (Å²) < 4.78 is 1.83. The number of anilines is 1. The molecule has 106 valence electrons. The SMILES string of the molecule is Cc1nnc2c(N3CCCC(C)C3C(=O)O)nccn12. The van der Waals surface area contributed by atoms with Crippen LogP contribution in [0.25, 0.3) is 5.65 Å². The van der Waals surface area contributed by atoms with Gasteiger partial charge in [0, 0.05) is 18.9 Å². The standard InChI is InChI=1S/C13H17N5O2/c1-8-4-3-6-18(10(8)13(19)20)11-12-16-15-9(2)17(12)7-5-14-11/h5,7-8,10H,3-4,6H2,1-2H3,(H,19,20). The molecule has 2 aromatic rings. The fraction of sp³-hybridized carbons (Fsp3) is 0.538. The summed E-state index contributed by atoms with van der Waals surface area (Å²) in [5, 5.41) is 17.7. The quantitative estimate of drug-likeness (QED) is 0.884. The molecule has 0 aliphatic carbocycles. The number of piperidine rings is 1. The van der Waals surface area contributed by atoms with E-state index in [-0.39, 0.29) is 5.92 Å². The number of aromatic nitrogens is 4. The van der Waals surface area contributed by atoms with Crippen molar-refractivity contribution in [2.45, 2.75) is 32.7 Å². The molecule has 0 saturated carbocycles. The van der Waals surface area contributed by atoms with Crippen molar-refractivity contribution in [1.29, 1.82) is 0 Å². The first-order valence-corrected chi connectivity index (χ1v) is 6.75. The van der Waals surface area contributed by atoms with Crippen molar-refractivity contribution < 1.29 is 9.90 Å². The highest BCUT2D eigenvalue weighted by Gasteiger charge is 2.36. The van der Waals surface area contributed by atoms with Gasteiger partial charge in [0.05, 0.1) is 0 Å². The molecule has 2 atom stereocenters. The smallest absolute Gasteiger partial charge is 0.326 e. The molecule has 1 aliphatic heterocycles. The van der Waals surface area contributed by atoms with E-state index >= 15 is 0 Å². The molecule has 2 unspecified atom stereocenters. The average Bonchev–Trinajstić information content (AvgIpc) is 2.80. The Morgan fingerprint density at radius 2 is 2.25 bits per heavy atom. The van der Waals surface area contributed by atoms with Gasteiger partial charge in [-0.3, -0.25) is 4.40 Å². The van der Waals surface area contributed by atoms with Gasteiger partial charge in [0.1, 0.15) is 11.9 Å². The molecule has 3 rings (SSSR count). The van der Waals surface area contributed by atoms with Crippen molar-refractivity contribution in [3.8, 4) is 0 Å². The molecule has 3 heterocycles. The van der Waals surface area contributed by atoms with Gasteiger partial charge in [0.25, 0.3) is 0 Å². The van der Waals surface area contributed by atoms with E-state index in [4.69, 9.17) is 0 Å². The number of carbonyl (C=O) groups is 1. The minimum Gasteiger partial charge on any atom is -0.480 e. The van der Waals surface area contributed by atoms with E-state index in [0.29, 0.717) is 18.0 Å². The Morgan fingerprint density at radius 1 is 1.45 bits per heavy atom. The second-order valence-corrected chi connectivity index (χ2v) is 5.29. The molecule has 0 aromatic carbocycles. The highest BCUT2D eigenvalue weighted by molar-refractivity contribution is 5.80. The maximum atomic E-state index is 11.6. The average molecular weight is 275 g/mol. The molecule has 1 aliphatic rings. The predicted octanol–water partition coefficient (Wildman–Crippen LogP) is 1.12. The van der Waals surface area contributed by atoms with Crippen LogP contribution in [0.1, 0.15) is 25.6 Å². The van der Waals surface area contributed by atoms with Crippen molar-refractivity contribution in [2.75, 3.05) is 11.4 Å². The van der Waals surface area contributed by atoms with Gasteiger partial charge in [-0.2, -0.15) is 0 Å². The summed E-state index contributed by atoms with van der Waals surface area (Å²) >= 11 is 0. The first kappa shape index (κ1) is 12.8. The number of aliphatic carboxylic acids is 1. The second-order valence-electron chi connectivity index (χ2n) is 5.29. The van der Waals surface area contributed by atoms with Crippen molar-refractivity contribution >= 4 is 17.4 Å².